The van der Waals surface area contributed by atoms with Crippen molar-refractivity contribution in [3.63, 3.8) is 0 Å². The predicted molar refractivity (Wildman–Crippen MR) is 50.0 cm³/mol. The Labute approximate surface area is 80.2 Å². The van der Waals surface area contributed by atoms with E-state index < -0.39 is 11.5 Å². The molecule has 0 aromatic carbocycles. The third-order valence-corrected chi connectivity index (χ3v) is 1.36. The molecule has 0 aliphatic heterocycles. The number of anilines is 1. The highest BCUT2D eigenvalue weighted by atomic mass is 35.5. The van der Waals surface area contributed by atoms with E-state index in [0.29, 0.717) is 0 Å². The maximum absolute atomic E-state index is 11.1. The summed E-state index contributed by atoms with van der Waals surface area (Å²) >= 11 is 0. The van der Waals surface area contributed by atoms with Gasteiger partial charge in [0.25, 0.3) is 5.56 Å². The number of aromatic nitrogens is 1. The van der Waals surface area contributed by atoms with Crippen LogP contribution in [0.4, 0.5) is 5.69 Å². The van der Waals surface area contributed by atoms with E-state index in [2.05, 4.69) is 0 Å². The lowest BCUT2D eigenvalue weighted by Crippen LogP contribution is -2.25. The molecule has 0 aliphatic carbocycles. The van der Waals surface area contributed by atoms with Crippen molar-refractivity contribution < 1.29 is 9.90 Å². The lowest BCUT2D eigenvalue weighted by atomic mass is 10.4. The Balaban J connectivity index is 0.00000144. The van der Waals surface area contributed by atoms with E-state index in [4.69, 9.17) is 10.8 Å². The van der Waals surface area contributed by atoms with Gasteiger partial charge in [0.1, 0.15) is 6.54 Å². The first-order valence-electron chi connectivity index (χ1n) is 3.28. The van der Waals surface area contributed by atoms with Crippen LogP contribution >= 0.6 is 12.4 Å². The van der Waals surface area contributed by atoms with Crippen molar-refractivity contribution in [3.8, 4) is 0 Å². The van der Waals surface area contributed by atoms with Gasteiger partial charge in [0, 0.05) is 6.20 Å². The molecule has 0 bridgehead atoms. The van der Waals surface area contributed by atoms with E-state index in [1.165, 1.54) is 18.3 Å². The minimum Gasteiger partial charge on any atom is -0.480 e. The van der Waals surface area contributed by atoms with Crippen LogP contribution < -0.4 is 11.3 Å². The number of carboxylic acids is 1. The highest BCUT2D eigenvalue weighted by Gasteiger charge is 2.02. The standard InChI is InChI=1S/C7H8N2O3.ClH/c8-5-2-1-3-9(7(5)12)4-6(10)11;/h1-3H,4,8H2,(H,10,11);1H. The molecule has 0 unspecified atom stereocenters. The second kappa shape index (κ2) is 4.51. The van der Waals surface area contributed by atoms with E-state index in [9.17, 15) is 9.59 Å². The first-order valence-corrected chi connectivity index (χ1v) is 3.28. The molecule has 1 rings (SSSR count). The Kier molecular flexibility index (Phi) is 4.00. The van der Waals surface area contributed by atoms with Gasteiger partial charge in [0.05, 0.1) is 5.69 Å². The summed E-state index contributed by atoms with van der Waals surface area (Å²) in [6, 6.07) is 2.96. The van der Waals surface area contributed by atoms with Gasteiger partial charge >= 0.3 is 5.97 Å². The molecule has 1 heterocycles. The first kappa shape index (κ1) is 11.5. The molecule has 0 aliphatic rings. The molecule has 0 amide bonds. The van der Waals surface area contributed by atoms with Crippen LogP contribution in [0.25, 0.3) is 0 Å². The van der Waals surface area contributed by atoms with Crippen LogP contribution in [-0.4, -0.2) is 15.6 Å². The summed E-state index contributed by atoms with van der Waals surface area (Å²) in [6.07, 6.45) is 1.38. The van der Waals surface area contributed by atoms with Gasteiger partial charge in [-0.15, -0.1) is 12.4 Å². The monoisotopic (exact) mass is 204 g/mol. The fourth-order valence-corrected chi connectivity index (χ4v) is 0.826. The molecule has 3 N–H and O–H groups in total. The van der Waals surface area contributed by atoms with E-state index in [0.717, 1.165) is 4.57 Å². The number of hydrogen-bond donors (Lipinski definition) is 2. The van der Waals surface area contributed by atoms with Gasteiger partial charge < -0.3 is 15.4 Å². The molecule has 0 saturated carbocycles. The maximum Gasteiger partial charge on any atom is 0.323 e. The van der Waals surface area contributed by atoms with E-state index in [1.807, 2.05) is 0 Å². The van der Waals surface area contributed by atoms with Crippen LogP contribution in [0.2, 0.25) is 0 Å². The number of carbonyl (C=O) groups is 1. The Morgan fingerprint density at radius 3 is 2.77 bits per heavy atom. The summed E-state index contributed by atoms with van der Waals surface area (Å²) in [5, 5.41) is 8.38. The van der Waals surface area contributed by atoms with Gasteiger partial charge in [-0.2, -0.15) is 0 Å². The number of nitrogen functional groups attached to an aromatic ring is 1. The lowest BCUT2D eigenvalue weighted by molar-refractivity contribution is -0.137. The number of rotatable bonds is 2. The minimum absolute atomic E-state index is 0. The largest absolute Gasteiger partial charge is 0.480 e. The molecule has 13 heavy (non-hydrogen) atoms. The van der Waals surface area contributed by atoms with Crippen molar-refractivity contribution in [2.75, 3.05) is 5.73 Å². The third kappa shape index (κ3) is 2.79. The quantitative estimate of drug-likeness (QED) is 0.707. The maximum atomic E-state index is 11.1. The average Bonchev–Trinajstić information content (AvgIpc) is 1.98. The van der Waals surface area contributed by atoms with Crippen LogP contribution in [0.5, 0.6) is 0 Å². The number of hydrogen-bond acceptors (Lipinski definition) is 3. The minimum atomic E-state index is -1.07. The molecule has 6 heteroatoms. The lowest BCUT2D eigenvalue weighted by Gasteiger charge is -2.01. The van der Waals surface area contributed by atoms with Crippen LogP contribution in [0.3, 0.4) is 0 Å². The van der Waals surface area contributed by atoms with Crippen LogP contribution in [-0.2, 0) is 11.3 Å². The van der Waals surface area contributed by atoms with E-state index in [1.54, 1.807) is 0 Å². The normalized spacial score (nSPS) is 8.92. The zero-order valence-corrected chi connectivity index (χ0v) is 7.45. The zero-order chi connectivity index (χ0) is 9.14. The molecular formula is C7H9ClN2O3. The molecular weight excluding hydrogens is 196 g/mol. The van der Waals surface area contributed by atoms with Crippen LogP contribution in [0, 0.1) is 0 Å². The topological polar surface area (TPSA) is 85.3 Å². The van der Waals surface area contributed by atoms with Crippen molar-refractivity contribution in [2.24, 2.45) is 0 Å². The molecule has 0 spiro atoms. The Morgan fingerprint density at radius 2 is 2.23 bits per heavy atom. The molecule has 72 valence electrons. The van der Waals surface area contributed by atoms with Crippen LogP contribution in [0.15, 0.2) is 23.1 Å². The second-order valence-electron chi connectivity index (χ2n) is 2.29. The summed E-state index contributed by atoms with van der Waals surface area (Å²) < 4.78 is 1.04. The van der Waals surface area contributed by atoms with Gasteiger partial charge in [-0.3, -0.25) is 9.59 Å². The van der Waals surface area contributed by atoms with Gasteiger partial charge in [0.2, 0.25) is 0 Å². The molecule has 0 atom stereocenters. The van der Waals surface area contributed by atoms with Crippen LogP contribution in [0.1, 0.15) is 0 Å². The highest BCUT2D eigenvalue weighted by molar-refractivity contribution is 5.85. The van der Waals surface area contributed by atoms with Crippen molar-refractivity contribution in [2.45, 2.75) is 6.54 Å². The summed E-state index contributed by atoms with van der Waals surface area (Å²) in [5.74, 6) is -1.07. The number of nitrogens with zero attached hydrogens (tertiary/aromatic N) is 1. The summed E-state index contributed by atoms with van der Waals surface area (Å²) in [4.78, 5) is 21.3. The second-order valence-corrected chi connectivity index (χ2v) is 2.29. The molecule has 5 nitrogen and oxygen atoms in total. The number of pyridine rings is 1. The highest BCUT2D eigenvalue weighted by Crippen LogP contribution is 1.91. The summed E-state index contributed by atoms with van der Waals surface area (Å²) in [7, 11) is 0. The van der Waals surface area contributed by atoms with E-state index in [-0.39, 0.29) is 24.6 Å². The fraction of sp³-hybridized carbons (Fsp3) is 0.143. The van der Waals surface area contributed by atoms with Crippen molar-refractivity contribution in [3.05, 3.63) is 28.7 Å². The first-order chi connectivity index (χ1) is 5.61. The smallest absolute Gasteiger partial charge is 0.323 e. The molecule has 0 radical (unpaired) electrons. The summed E-state index contributed by atoms with van der Waals surface area (Å²) in [6.45, 7) is -0.357. The summed E-state index contributed by atoms with van der Waals surface area (Å²) in [5.41, 5.74) is 4.85. The fourth-order valence-electron chi connectivity index (χ4n) is 0.826. The van der Waals surface area contributed by atoms with Gasteiger partial charge in [0.15, 0.2) is 0 Å². The average molecular weight is 205 g/mol. The molecule has 0 fully saturated rings. The predicted octanol–water partition coefficient (Wildman–Crippen LogP) is -0.0631. The third-order valence-electron chi connectivity index (χ3n) is 1.36. The Hall–Kier alpha value is -1.49. The van der Waals surface area contributed by atoms with Gasteiger partial charge in [-0.25, -0.2) is 0 Å². The molecule has 1 aromatic rings. The van der Waals surface area contributed by atoms with Crippen molar-refractivity contribution in [1.29, 1.82) is 0 Å². The molecule has 0 saturated heterocycles. The Bertz CT molecular complexity index is 361. The molecule has 1 aromatic heterocycles. The van der Waals surface area contributed by atoms with Crippen molar-refractivity contribution >= 4 is 24.1 Å². The SMILES string of the molecule is Cl.Nc1cccn(CC(=O)O)c1=O. The number of nitrogens with two attached hydrogens (primary N) is 1. The zero-order valence-electron chi connectivity index (χ0n) is 6.64. The number of halogens is 1. The van der Waals surface area contributed by atoms with Gasteiger partial charge in [-0.1, -0.05) is 0 Å². The Morgan fingerprint density at radius 1 is 1.62 bits per heavy atom. The van der Waals surface area contributed by atoms with Crippen molar-refractivity contribution in [1.82, 2.24) is 4.57 Å². The van der Waals surface area contributed by atoms with E-state index >= 15 is 0 Å². The van der Waals surface area contributed by atoms with Gasteiger partial charge in [-0.05, 0) is 12.1 Å². The number of carboxylic acid groups (broad SMARTS) is 1. The number of aliphatic carboxylic acids is 1.